The highest BCUT2D eigenvalue weighted by Crippen LogP contribution is 2.27. The van der Waals surface area contributed by atoms with E-state index in [0.29, 0.717) is 6.61 Å². The van der Waals surface area contributed by atoms with Crippen LogP contribution in [0.3, 0.4) is 0 Å². The van der Waals surface area contributed by atoms with Crippen LogP contribution in [0, 0.1) is 5.41 Å². The maximum absolute atomic E-state index is 12.1. The monoisotopic (exact) mass is 230 g/mol. The van der Waals surface area contributed by atoms with Crippen LogP contribution in [0.5, 0.6) is 0 Å². The van der Waals surface area contributed by atoms with Crippen molar-refractivity contribution in [1.29, 1.82) is 0 Å². The number of ether oxygens (including phenoxy) is 1. The minimum absolute atomic E-state index is 0.0186. The highest BCUT2D eigenvalue weighted by molar-refractivity contribution is 5.82. The number of nitrogens with one attached hydrogen (secondary N) is 2. The van der Waals surface area contributed by atoms with Gasteiger partial charge in [-0.25, -0.2) is 0 Å². The zero-order valence-electron chi connectivity index (χ0n) is 10.1. The Morgan fingerprint density at radius 2 is 2.19 bits per heavy atom. The molecule has 0 bridgehead atoms. The topological polar surface area (TPSA) is 70.6 Å². The average Bonchev–Trinajstić information content (AvgIpc) is 2.29. The third kappa shape index (κ3) is 3.43. The highest BCUT2D eigenvalue weighted by atomic mass is 16.5. The molecule has 1 heterocycles. The van der Waals surface area contributed by atoms with Gasteiger partial charge in [-0.3, -0.25) is 4.79 Å². The lowest BCUT2D eigenvalue weighted by molar-refractivity contribution is -0.133. The molecule has 1 atom stereocenters. The molecule has 1 unspecified atom stereocenters. The van der Waals surface area contributed by atoms with Crippen LogP contribution >= 0.6 is 0 Å². The Hall–Kier alpha value is -0.650. The molecule has 5 nitrogen and oxygen atoms in total. The zero-order chi connectivity index (χ0) is 12.0. The first-order chi connectivity index (χ1) is 7.62. The normalized spacial score (nSPS) is 21.4. The summed E-state index contributed by atoms with van der Waals surface area (Å²) in [7, 11) is 1.56. The first-order valence-electron chi connectivity index (χ1n) is 5.74. The molecule has 1 rings (SSSR count). The smallest absolute Gasteiger partial charge is 0.226 e. The average molecular weight is 230 g/mol. The fourth-order valence-electron chi connectivity index (χ4n) is 1.91. The van der Waals surface area contributed by atoms with E-state index < -0.39 is 0 Å². The van der Waals surface area contributed by atoms with Gasteiger partial charge in [0.05, 0.1) is 19.3 Å². The van der Waals surface area contributed by atoms with Gasteiger partial charge in [-0.05, 0) is 25.9 Å². The lowest BCUT2D eigenvalue weighted by Gasteiger charge is -2.33. The quantitative estimate of drug-likeness (QED) is 0.595. The molecule has 94 valence electrons. The van der Waals surface area contributed by atoms with Gasteiger partial charge in [-0.2, -0.15) is 0 Å². The van der Waals surface area contributed by atoms with Gasteiger partial charge in [0, 0.05) is 12.5 Å². The Bertz CT molecular complexity index is 227. The molecule has 5 heteroatoms. The fraction of sp³-hybridized carbons (Fsp3) is 0.909. The van der Waals surface area contributed by atoms with E-state index in [4.69, 9.17) is 9.84 Å². The zero-order valence-corrected chi connectivity index (χ0v) is 10.1. The first-order valence-corrected chi connectivity index (χ1v) is 5.74. The fourth-order valence-corrected chi connectivity index (χ4v) is 1.91. The molecule has 1 saturated heterocycles. The van der Waals surface area contributed by atoms with Gasteiger partial charge in [0.15, 0.2) is 0 Å². The van der Waals surface area contributed by atoms with Crippen molar-refractivity contribution in [2.75, 3.05) is 33.4 Å². The summed E-state index contributed by atoms with van der Waals surface area (Å²) in [5.41, 5.74) is -0.313. The van der Waals surface area contributed by atoms with E-state index in [1.165, 1.54) is 0 Å². The molecule has 0 saturated carbocycles. The van der Waals surface area contributed by atoms with Crippen LogP contribution in [0.25, 0.3) is 0 Å². The van der Waals surface area contributed by atoms with Crippen LogP contribution < -0.4 is 10.6 Å². The summed E-state index contributed by atoms with van der Waals surface area (Å²) >= 11 is 0. The summed E-state index contributed by atoms with van der Waals surface area (Å²) in [6.07, 6.45) is 1.67. The number of hydrogen-bond acceptors (Lipinski definition) is 4. The molecule has 0 aliphatic carbocycles. The Kier molecular flexibility index (Phi) is 5.18. The molecule has 16 heavy (non-hydrogen) atoms. The van der Waals surface area contributed by atoms with E-state index >= 15 is 0 Å². The van der Waals surface area contributed by atoms with Crippen LogP contribution in [0.1, 0.15) is 19.8 Å². The number of methoxy groups -OCH3 is 1. The van der Waals surface area contributed by atoms with Crippen LogP contribution in [0.15, 0.2) is 0 Å². The number of carbonyl (C=O) groups is 1. The van der Waals surface area contributed by atoms with Crippen molar-refractivity contribution in [1.82, 2.24) is 10.6 Å². The number of hydrogen-bond donors (Lipinski definition) is 3. The molecular formula is C11H22N2O3. The Balaban J connectivity index is 2.48. The molecule has 0 aromatic rings. The number of aliphatic hydroxyl groups excluding tert-OH is 1. The van der Waals surface area contributed by atoms with E-state index in [0.717, 1.165) is 25.9 Å². The molecule has 0 spiro atoms. The molecule has 3 N–H and O–H groups in total. The third-order valence-corrected chi connectivity index (χ3v) is 3.18. The summed E-state index contributed by atoms with van der Waals surface area (Å²) in [6, 6.07) is -0.302. The lowest BCUT2D eigenvalue weighted by Crippen LogP contribution is -2.50. The van der Waals surface area contributed by atoms with E-state index in [1.54, 1.807) is 7.11 Å². The summed E-state index contributed by atoms with van der Waals surface area (Å²) in [5.74, 6) is 0.0186. The van der Waals surface area contributed by atoms with Crippen LogP contribution in [-0.4, -0.2) is 50.5 Å². The number of rotatable bonds is 5. The standard InChI is InChI=1S/C11H22N2O3/c1-11(3-5-12-6-4-11)10(15)13-9(7-14)8-16-2/h9,12,14H,3-8H2,1-2H3,(H,13,15). The van der Waals surface area contributed by atoms with E-state index in [2.05, 4.69) is 10.6 Å². The van der Waals surface area contributed by atoms with Gasteiger partial charge < -0.3 is 20.5 Å². The highest BCUT2D eigenvalue weighted by Gasteiger charge is 2.35. The molecule has 1 aliphatic rings. The predicted molar refractivity (Wildman–Crippen MR) is 61.1 cm³/mol. The molecule has 0 aromatic heterocycles. The summed E-state index contributed by atoms with van der Waals surface area (Å²) in [5, 5.41) is 15.2. The van der Waals surface area contributed by atoms with Crippen molar-refractivity contribution in [3.05, 3.63) is 0 Å². The maximum atomic E-state index is 12.1. The van der Waals surface area contributed by atoms with E-state index in [9.17, 15) is 4.79 Å². The van der Waals surface area contributed by atoms with Crippen molar-refractivity contribution in [3.63, 3.8) is 0 Å². The largest absolute Gasteiger partial charge is 0.394 e. The Morgan fingerprint density at radius 1 is 1.56 bits per heavy atom. The first kappa shape index (κ1) is 13.4. The number of amides is 1. The van der Waals surface area contributed by atoms with Crippen molar-refractivity contribution in [2.45, 2.75) is 25.8 Å². The molecule has 0 aromatic carbocycles. The molecule has 1 fully saturated rings. The SMILES string of the molecule is COCC(CO)NC(=O)C1(C)CCNCC1. The third-order valence-electron chi connectivity index (χ3n) is 3.18. The van der Waals surface area contributed by atoms with Gasteiger partial charge in [0.2, 0.25) is 5.91 Å². The van der Waals surface area contributed by atoms with Crippen LogP contribution in [0.4, 0.5) is 0 Å². The number of piperidine rings is 1. The number of aliphatic hydroxyl groups is 1. The van der Waals surface area contributed by atoms with Gasteiger partial charge in [0.25, 0.3) is 0 Å². The molecule has 1 amide bonds. The van der Waals surface area contributed by atoms with Gasteiger partial charge >= 0.3 is 0 Å². The molecular weight excluding hydrogens is 208 g/mol. The lowest BCUT2D eigenvalue weighted by atomic mass is 9.80. The molecule has 1 aliphatic heterocycles. The minimum Gasteiger partial charge on any atom is -0.394 e. The second-order valence-electron chi connectivity index (χ2n) is 4.62. The minimum atomic E-state index is -0.313. The van der Waals surface area contributed by atoms with Gasteiger partial charge in [-0.1, -0.05) is 6.92 Å². The number of carbonyl (C=O) groups excluding carboxylic acids is 1. The second kappa shape index (κ2) is 6.18. The summed E-state index contributed by atoms with van der Waals surface area (Å²) in [4.78, 5) is 12.1. The van der Waals surface area contributed by atoms with Crippen molar-refractivity contribution >= 4 is 5.91 Å². The van der Waals surface area contributed by atoms with Gasteiger partial charge in [0.1, 0.15) is 0 Å². The Morgan fingerprint density at radius 3 is 2.69 bits per heavy atom. The van der Waals surface area contributed by atoms with Crippen molar-refractivity contribution in [3.8, 4) is 0 Å². The predicted octanol–water partition coefficient (Wildman–Crippen LogP) is -0.500. The molecule has 0 radical (unpaired) electrons. The van der Waals surface area contributed by atoms with Crippen LogP contribution in [-0.2, 0) is 9.53 Å². The van der Waals surface area contributed by atoms with Crippen molar-refractivity contribution in [2.24, 2.45) is 5.41 Å². The summed E-state index contributed by atoms with van der Waals surface area (Å²) in [6.45, 7) is 3.98. The Labute approximate surface area is 96.6 Å². The van der Waals surface area contributed by atoms with Gasteiger partial charge in [-0.15, -0.1) is 0 Å². The van der Waals surface area contributed by atoms with E-state index in [1.807, 2.05) is 6.92 Å². The maximum Gasteiger partial charge on any atom is 0.226 e. The van der Waals surface area contributed by atoms with E-state index in [-0.39, 0.29) is 24.0 Å². The van der Waals surface area contributed by atoms with Crippen molar-refractivity contribution < 1.29 is 14.6 Å². The summed E-state index contributed by atoms with van der Waals surface area (Å²) < 4.78 is 4.93. The van der Waals surface area contributed by atoms with Crippen LogP contribution in [0.2, 0.25) is 0 Å². The second-order valence-corrected chi connectivity index (χ2v) is 4.62.